The Morgan fingerprint density at radius 2 is 2.31 bits per heavy atom. The summed E-state index contributed by atoms with van der Waals surface area (Å²) in [6.45, 7) is 1.62. The van der Waals surface area contributed by atoms with Crippen LogP contribution in [0.4, 0.5) is 5.69 Å². The third-order valence-corrected chi connectivity index (χ3v) is 3.06. The van der Waals surface area contributed by atoms with Crippen molar-refractivity contribution in [3.63, 3.8) is 0 Å². The monoisotopic (exact) mass is 194 g/mol. The van der Waals surface area contributed by atoms with Gasteiger partial charge in [0.2, 0.25) is 0 Å². The van der Waals surface area contributed by atoms with Crippen molar-refractivity contribution < 1.29 is 4.21 Å². The Balaban J connectivity index is 2.97. The molecule has 2 N–H and O–H groups in total. The molecule has 2 atom stereocenters. The molecule has 0 fully saturated rings. The first-order valence-corrected chi connectivity index (χ1v) is 5.02. The maximum Gasteiger partial charge on any atom is 0.123 e. The maximum atomic E-state index is 11.6. The molecule has 0 heterocycles. The quantitative estimate of drug-likeness (QED) is 0.721. The molecule has 0 bridgehead atoms. The van der Waals surface area contributed by atoms with E-state index in [1.165, 1.54) is 0 Å². The zero-order valence-electron chi connectivity index (χ0n) is 7.23. The Morgan fingerprint density at radius 3 is 2.85 bits per heavy atom. The number of benzene rings is 1. The first kappa shape index (κ1) is 9.75. The van der Waals surface area contributed by atoms with Gasteiger partial charge in [-0.1, -0.05) is 6.07 Å². The average Bonchev–Trinajstić information content (AvgIpc) is 2.15. The molecule has 0 spiro atoms. The highest BCUT2D eigenvalue weighted by atomic mass is 32.2. The number of nitrogen functional groups attached to an aromatic ring is 1. The van der Waals surface area contributed by atoms with E-state index in [0.29, 0.717) is 10.6 Å². The molecule has 0 saturated heterocycles. The average molecular weight is 194 g/mol. The number of rotatable bonds is 2. The number of nitrogens with zero attached hydrogens (tertiary/aromatic N) is 1. The van der Waals surface area contributed by atoms with Gasteiger partial charge in [0.15, 0.2) is 0 Å². The van der Waals surface area contributed by atoms with Crippen LogP contribution < -0.4 is 5.73 Å². The summed E-state index contributed by atoms with van der Waals surface area (Å²) in [6.07, 6.45) is 0. The van der Waals surface area contributed by atoms with Crippen LogP contribution in [0.25, 0.3) is 0 Å². The van der Waals surface area contributed by atoms with E-state index in [-0.39, 0.29) is 0 Å². The van der Waals surface area contributed by atoms with Crippen LogP contribution in [-0.4, -0.2) is 9.46 Å². The molecule has 0 amide bonds. The molecule has 1 aromatic carbocycles. The molecule has 0 radical (unpaired) electrons. The first-order chi connectivity index (χ1) is 6.15. The van der Waals surface area contributed by atoms with Gasteiger partial charge in [-0.05, 0) is 25.1 Å². The van der Waals surface area contributed by atoms with Crippen LogP contribution in [0.2, 0.25) is 0 Å². The minimum atomic E-state index is -1.28. The molecule has 0 saturated carbocycles. The smallest absolute Gasteiger partial charge is 0.123 e. The number of nitriles is 1. The Kier molecular flexibility index (Phi) is 3.04. The lowest BCUT2D eigenvalue weighted by Gasteiger charge is -2.03. The van der Waals surface area contributed by atoms with Crippen LogP contribution in [0.15, 0.2) is 29.2 Å². The van der Waals surface area contributed by atoms with Gasteiger partial charge in [0.05, 0.1) is 16.9 Å². The SMILES string of the molecule is CC(C#N)S(=O)c1cccc(N)c1. The fraction of sp³-hybridized carbons (Fsp3) is 0.222. The van der Waals surface area contributed by atoms with Gasteiger partial charge >= 0.3 is 0 Å². The van der Waals surface area contributed by atoms with Crippen molar-refractivity contribution >= 4 is 16.5 Å². The van der Waals surface area contributed by atoms with E-state index in [2.05, 4.69) is 0 Å². The van der Waals surface area contributed by atoms with Crippen LogP contribution >= 0.6 is 0 Å². The van der Waals surface area contributed by atoms with E-state index in [9.17, 15) is 4.21 Å². The molecule has 68 valence electrons. The van der Waals surface area contributed by atoms with E-state index in [4.69, 9.17) is 11.0 Å². The van der Waals surface area contributed by atoms with Crippen molar-refractivity contribution in [1.29, 1.82) is 5.26 Å². The molecular weight excluding hydrogens is 184 g/mol. The van der Waals surface area contributed by atoms with Gasteiger partial charge in [-0.15, -0.1) is 0 Å². The standard InChI is InChI=1S/C9H10N2OS/c1-7(6-10)13(12)9-4-2-3-8(11)5-9/h2-5,7H,11H2,1H3. The van der Waals surface area contributed by atoms with Gasteiger partial charge < -0.3 is 5.73 Å². The number of hydrogen-bond acceptors (Lipinski definition) is 3. The number of hydrogen-bond donors (Lipinski definition) is 1. The summed E-state index contributed by atoms with van der Waals surface area (Å²) in [5, 5.41) is 8.06. The summed E-state index contributed by atoms with van der Waals surface area (Å²) >= 11 is 0. The highest BCUT2D eigenvalue weighted by Crippen LogP contribution is 2.13. The fourth-order valence-corrected chi connectivity index (χ4v) is 1.86. The third-order valence-electron chi connectivity index (χ3n) is 1.59. The molecule has 2 unspecified atom stereocenters. The predicted octanol–water partition coefficient (Wildman–Crippen LogP) is 1.29. The van der Waals surface area contributed by atoms with E-state index in [1.807, 2.05) is 6.07 Å². The lowest BCUT2D eigenvalue weighted by atomic mass is 10.3. The Hall–Kier alpha value is -1.34. The highest BCUT2D eigenvalue weighted by molar-refractivity contribution is 7.86. The fourth-order valence-electron chi connectivity index (χ4n) is 0.892. The molecule has 0 aliphatic carbocycles. The van der Waals surface area contributed by atoms with Crippen LogP contribution in [0, 0.1) is 11.3 Å². The Bertz CT molecular complexity index is 370. The van der Waals surface area contributed by atoms with Crippen molar-refractivity contribution in [2.45, 2.75) is 17.1 Å². The van der Waals surface area contributed by atoms with Gasteiger partial charge in [-0.25, -0.2) is 0 Å². The number of nitrogens with two attached hydrogens (primary N) is 1. The lowest BCUT2D eigenvalue weighted by molar-refractivity contribution is 0.680. The molecule has 1 rings (SSSR count). The molecule has 3 nitrogen and oxygen atoms in total. The maximum absolute atomic E-state index is 11.6. The van der Waals surface area contributed by atoms with Gasteiger partial charge in [-0.2, -0.15) is 5.26 Å². The van der Waals surface area contributed by atoms with Gasteiger partial charge in [0.1, 0.15) is 5.25 Å². The zero-order chi connectivity index (χ0) is 9.84. The summed E-state index contributed by atoms with van der Waals surface area (Å²) in [6, 6.07) is 8.73. The molecule has 1 aromatic rings. The highest BCUT2D eigenvalue weighted by Gasteiger charge is 2.11. The van der Waals surface area contributed by atoms with Crippen molar-refractivity contribution in [1.82, 2.24) is 0 Å². The Morgan fingerprint density at radius 1 is 1.62 bits per heavy atom. The Labute approximate surface area is 79.6 Å². The first-order valence-electron chi connectivity index (χ1n) is 3.81. The van der Waals surface area contributed by atoms with E-state index in [0.717, 1.165) is 0 Å². The summed E-state index contributed by atoms with van der Waals surface area (Å²) in [4.78, 5) is 0.606. The molecule has 13 heavy (non-hydrogen) atoms. The van der Waals surface area contributed by atoms with E-state index < -0.39 is 16.0 Å². The molecule has 0 aliphatic heterocycles. The van der Waals surface area contributed by atoms with Gasteiger partial charge in [-0.3, -0.25) is 4.21 Å². The van der Waals surface area contributed by atoms with E-state index >= 15 is 0 Å². The van der Waals surface area contributed by atoms with Crippen LogP contribution in [-0.2, 0) is 10.8 Å². The largest absolute Gasteiger partial charge is 0.399 e. The molecular formula is C9H10N2OS. The minimum Gasteiger partial charge on any atom is -0.399 e. The van der Waals surface area contributed by atoms with Crippen molar-refractivity contribution in [3.05, 3.63) is 24.3 Å². The molecule has 0 aromatic heterocycles. The van der Waals surface area contributed by atoms with Crippen LogP contribution in [0.5, 0.6) is 0 Å². The topological polar surface area (TPSA) is 66.9 Å². The second kappa shape index (κ2) is 4.06. The normalized spacial score (nSPS) is 14.5. The second-order valence-electron chi connectivity index (χ2n) is 2.64. The van der Waals surface area contributed by atoms with Crippen LogP contribution in [0.1, 0.15) is 6.92 Å². The second-order valence-corrected chi connectivity index (χ2v) is 4.41. The zero-order valence-corrected chi connectivity index (χ0v) is 8.04. The molecule has 0 aliphatic rings. The van der Waals surface area contributed by atoms with Crippen LogP contribution in [0.3, 0.4) is 0 Å². The lowest BCUT2D eigenvalue weighted by Crippen LogP contribution is -2.08. The van der Waals surface area contributed by atoms with Gasteiger partial charge in [0.25, 0.3) is 0 Å². The number of anilines is 1. The van der Waals surface area contributed by atoms with Crippen molar-refractivity contribution in [3.8, 4) is 6.07 Å². The predicted molar refractivity (Wildman–Crippen MR) is 52.3 cm³/mol. The summed E-state index contributed by atoms with van der Waals surface area (Å²) in [5.74, 6) is 0. The van der Waals surface area contributed by atoms with Crippen molar-refractivity contribution in [2.75, 3.05) is 5.73 Å². The minimum absolute atomic E-state index is 0.498. The third kappa shape index (κ3) is 2.30. The van der Waals surface area contributed by atoms with Crippen molar-refractivity contribution in [2.24, 2.45) is 0 Å². The molecule has 4 heteroatoms. The van der Waals surface area contributed by atoms with E-state index in [1.54, 1.807) is 31.2 Å². The summed E-state index contributed by atoms with van der Waals surface area (Å²) in [7, 11) is -1.28. The van der Waals surface area contributed by atoms with Gasteiger partial charge in [0, 0.05) is 10.6 Å². The summed E-state index contributed by atoms with van der Waals surface area (Å²) < 4.78 is 11.6. The summed E-state index contributed by atoms with van der Waals surface area (Å²) in [5.41, 5.74) is 6.09.